The molecule has 1 aromatic heterocycles. The van der Waals surface area contributed by atoms with Gasteiger partial charge in [0.25, 0.3) is 0 Å². The summed E-state index contributed by atoms with van der Waals surface area (Å²) in [5.74, 6) is 1.26. The Morgan fingerprint density at radius 2 is 2.25 bits per heavy atom. The lowest BCUT2D eigenvalue weighted by atomic mass is 10.3. The number of aryl methyl sites for hydroxylation is 1. The molecule has 1 heterocycles. The van der Waals surface area contributed by atoms with Gasteiger partial charge in [0.05, 0.1) is 11.0 Å². The predicted octanol–water partition coefficient (Wildman–Crippen LogP) is 3.41. The molecule has 0 bridgehead atoms. The van der Waals surface area contributed by atoms with E-state index in [4.69, 9.17) is 0 Å². The lowest BCUT2D eigenvalue weighted by Crippen LogP contribution is -2.02. The van der Waals surface area contributed by atoms with Crippen LogP contribution < -0.4 is 0 Å². The Bertz CT molecular complexity index is 493. The molecule has 0 N–H and O–H groups in total. The number of hydrogen-bond donors (Lipinski definition) is 1. The van der Waals surface area contributed by atoms with Crippen LogP contribution in [-0.2, 0) is 12.3 Å². The summed E-state index contributed by atoms with van der Waals surface area (Å²) in [6.45, 7) is 3.08. The number of thiol groups is 1. The van der Waals surface area contributed by atoms with Gasteiger partial charge in [-0.2, -0.15) is 12.6 Å². The number of aromatic nitrogens is 2. The molecule has 0 aliphatic rings. The van der Waals surface area contributed by atoms with Crippen molar-refractivity contribution in [3.8, 4) is 0 Å². The highest BCUT2D eigenvalue weighted by molar-refractivity contribution is 7.79. The summed E-state index contributed by atoms with van der Waals surface area (Å²) >= 11 is 4.26. The third kappa shape index (κ3) is 2.07. The molecule has 2 rings (SSSR count). The molecule has 2 aromatic rings. The SMILES string of the molecule is CCCCn1c(CS)nc2cc(F)ccc21. The Labute approximate surface area is 99.9 Å². The van der Waals surface area contributed by atoms with Crippen molar-refractivity contribution in [2.75, 3.05) is 0 Å². The molecule has 2 nitrogen and oxygen atoms in total. The van der Waals surface area contributed by atoms with E-state index >= 15 is 0 Å². The van der Waals surface area contributed by atoms with Crippen LogP contribution in [0.5, 0.6) is 0 Å². The van der Waals surface area contributed by atoms with E-state index in [1.54, 1.807) is 6.07 Å². The maximum atomic E-state index is 13.1. The summed E-state index contributed by atoms with van der Waals surface area (Å²) in [6, 6.07) is 4.75. The highest BCUT2D eigenvalue weighted by Gasteiger charge is 2.09. The minimum absolute atomic E-state index is 0.238. The Kier molecular flexibility index (Phi) is 3.49. The first kappa shape index (κ1) is 11.5. The van der Waals surface area contributed by atoms with Crippen molar-refractivity contribution < 1.29 is 4.39 Å². The predicted molar refractivity (Wildman–Crippen MR) is 67.3 cm³/mol. The lowest BCUT2D eigenvalue weighted by molar-refractivity contribution is 0.625. The van der Waals surface area contributed by atoms with Gasteiger partial charge in [-0.15, -0.1) is 0 Å². The van der Waals surface area contributed by atoms with Crippen molar-refractivity contribution in [2.24, 2.45) is 0 Å². The van der Waals surface area contributed by atoms with Crippen LogP contribution in [0.4, 0.5) is 4.39 Å². The summed E-state index contributed by atoms with van der Waals surface area (Å²) in [5, 5.41) is 0. The van der Waals surface area contributed by atoms with E-state index < -0.39 is 0 Å². The molecule has 0 radical (unpaired) electrons. The molecule has 0 fully saturated rings. The number of unbranched alkanes of at least 4 members (excludes halogenated alkanes) is 1. The Morgan fingerprint density at radius 3 is 2.94 bits per heavy atom. The van der Waals surface area contributed by atoms with Crippen LogP contribution in [0.25, 0.3) is 11.0 Å². The summed E-state index contributed by atoms with van der Waals surface area (Å²) < 4.78 is 15.2. The van der Waals surface area contributed by atoms with Crippen molar-refractivity contribution in [1.82, 2.24) is 9.55 Å². The van der Waals surface area contributed by atoms with Gasteiger partial charge in [-0.05, 0) is 18.6 Å². The number of rotatable bonds is 4. The summed E-state index contributed by atoms with van der Waals surface area (Å²) in [7, 11) is 0. The number of hydrogen-bond acceptors (Lipinski definition) is 2. The molecule has 0 spiro atoms. The Morgan fingerprint density at radius 1 is 1.44 bits per heavy atom. The molecule has 16 heavy (non-hydrogen) atoms. The van der Waals surface area contributed by atoms with Crippen LogP contribution in [0, 0.1) is 5.82 Å². The number of fused-ring (bicyclic) bond motifs is 1. The standard InChI is InChI=1S/C12H15FN2S/c1-2-3-6-15-11-5-4-9(13)7-10(11)14-12(15)8-16/h4-5,7,16H,2-3,6,8H2,1H3. The van der Waals surface area contributed by atoms with E-state index in [0.717, 1.165) is 36.2 Å². The van der Waals surface area contributed by atoms with Gasteiger partial charge in [0.2, 0.25) is 0 Å². The zero-order valence-electron chi connectivity index (χ0n) is 9.28. The topological polar surface area (TPSA) is 17.8 Å². The molecular formula is C12H15FN2S. The van der Waals surface area contributed by atoms with Crippen molar-refractivity contribution in [1.29, 1.82) is 0 Å². The minimum Gasteiger partial charge on any atom is -0.327 e. The molecule has 0 saturated carbocycles. The third-order valence-electron chi connectivity index (χ3n) is 2.67. The number of imidazole rings is 1. The van der Waals surface area contributed by atoms with Gasteiger partial charge >= 0.3 is 0 Å². The molecule has 0 aliphatic carbocycles. The van der Waals surface area contributed by atoms with E-state index in [0.29, 0.717) is 5.75 Å². The first-order chi connectivity index (χ1) is 7.76. The van der Waals surface area contributed by atoms with E-state index in [9.17, 15) is 4.39 Å². The number of halogens is 1. The van der Waals surface area contributed by atoms with Gasteiger partial charge in [-0.25, -0.2) is 9.37 Å². The highest BCUT2D eigenvalue weighted by Crippen LogP contribution is 2.19. The van der Waals surface area contributed by atoms with Gasteiger partial charge in [0.1, 0.15) is 11.6 Å². The minimum atomic E-state index is -0.238. The monoisotopic (exact) mass is 238 g/mol. The van der Waals surface area contributed by atoms with E-state index in [1.165, 1.54) is 12.1 Å². The summed E-state index contributed by atoms with van der Waals surface area (Å²) in [6.07, 6.45) is 2.23. The third-order valence-corrected chi connectivity index (χ3v) is 2.95. The Hall–Kier alpha value is -1.03. The zero-order valence-corrected chi connectivity index (χ0v) is 10.2. The van der Waals surface area contributed by atoms with E-state index in [1.807, 2.05) is 0 Å². The fraction of sp³-hybridized carbons (Fsp3) is 0.417. The molecule has 0 amide bonds. The quantitative estimate of drug-likeness (QED) is 0.808. The van der Waals surface area contributed by atoms with Gasteiger partial charge in [-0.3, -0.25) is 0 Å². The van der Waals surface area contributed by atoms with Crippen LogP contribution in [0.1, 0.15) is 25.6 Å². The van der Waals surface area contributed by atoms with Gasteiger partial charge in [0.15, 0.2) is 0 Å². The second kappa shape index (κ2) is 4.87. The second-order valence-electron chi connectivity index (χ2n) is 3.82. The van der Waals surface area contributed by atoms with Crippen LogP contribution in [0.3, 0.4) is 0 Å². The first-order valence-corrected chi connectivity index (χ1v) is 6.15. The highest BCUT2D eigenvalue weighted by atomic mass is 32.1. The summed E-state index contributed by atoms with van der Waals surface area (Å²) in [5.41, 5.74) is 1.72. The molecule has 0 aliphatic heterocycles. The molecule has 0 saturated heterocycles. The zero-order chi connectivity index (χ0) is 11.5. The second-order valence-corrected chi connectivity index (χ2v) is 4.14. The average Bonchev–Trinajstić information content (AvgIpc) is 2.63. The molecule has 4 heteroatoms. The van der Waals surface area contributed by atoms with Crippen molar-refractivity contribution >= 4 is 23.7 Å². The smallest absolute Gasteiger partial charge is 0.125 e. The molecular weight excluding hydrogens is 223 g/mol. The van der Waals surface area contributed by atoms with Crippen molar-refractivity contribution in [3.63, 3.8) is 0 Å². The molecule has 0 unspecified atom stereocenters. The van der Waals surface area contributed by atoms with Crippen LogP contribution in [0.15, 0.2) is 18.2 Å². The maximum absolute atomic E-state index is 13.1. The molecule has 1 aromatic carbocycles. The number of nitrogens with zero attached hydrogens (tertiary/aromatic N) is 2. The van der Waals surface area contributed by atoms with Crippen LogP contribution in [-0.4, -0.2) is 9.55 Å². The normalized spacial score (nSPS) is 11.2. The molecule has 0 atom stereocenters. The molecule has 86 valence electrons. The number of benzene rings is 1. The summed E-state index contributed by atoms with van der Waals surface area (Å²) in [4.78, 5) is 4.39. The lowest BCUT2D eigenvalue weighted by Gasteiger charge is -2.06. The fourth-order valence-electron chi connectivity index (χ4n) is 1.84. The Balaban J connectivity index is 2.50. The fourth-order valence-corrected chi connectivity index (χ4v) is 2.08. The van der Waals surface area contributed by atoms with Crippen molar-refractivity contribution in [2.45, 2.75) is 32.1 Å². The van der Waals surface area contributed by atoms with E-state index in [2.05, 4.69) is 29.1 Å². The van der Waals surface area contributed by atoms with Gasteiger partial charge < -0.3 is 4.57 Å². The van der Waals surface area contributed by atoms with Gasteiger partial charge in [0, 0.05) is 18.4 Å². The van der Waals surface area contributed by atoms with Crippen LogP contribution >= 0.6 is 12.6 Å². The maximum Gasteiger partial charge on any atom is 0.125 e. The van der Waals surface area contributed by atoms with Crippen molar-refractivity contribution in [3.05, 3.63) is 29.8 Å². The average molecular weight is 238 g/mol. The van der Waals surface area contributed by atoms with Gasteiger partial charge in [-0.1, -0.05) is 13.3 Å². The van der Waals surface area contributed by atoms with E-state index in [-0.39, 0.29) is 5.82 Å². The first-order valence-electron chi connectivity index (χ1n) is 5.51. The largest absolute Gasteiger partial charge is 0.327 e. The van der Waals surface area contributed by atoms with Crippen LogP contribution in [0.2, 0.25) is 0 Å².